The van der Waals surface area contributed by atoms with Gasteiger partial charge in [0.1, 0.15) is 36.9 Å². The third-order valence-electron chi connectivity index (χ3n) is 17.6. The molecule has 4 aromatic rings. The van der Waals surface area contributed by atoms with E-state index in [-0.39, 0.29) is 51.4 Å². The molecule has 12 atom stereocenters. The van der Waals surface area contributed by atoms with Crippen molar-refractivity contribution in [3.05, 3.63) is 131 Å². The van der Waals surface area contributed by atoms with E-state index >= 15 is 14.4 Å². The molecule has 0 aromatic heterocycles. The van der Waals surface area contributed by atoms with Crippen LogP contribution in [0.3, 0.4) is 0 Å². The molecule has 8 amide bonds. The number of nitrogens with one attached hydrogen (secondary N) is 8. The fraction of sp³-hybridized carbons (Fsp3) is 0.520. The van der Waals surface area contributed by atoms with E-state index in [1.165, 1.54) is 6.92 Å². The lowest BCUT2D eigenvalue weighted by atomic mass is 9.86. The quantitative estimate of drug-likeness (QED) is 0.0200. The van der Waals surface area contributed by atoms with E-state index in [4.69, 9.17) is 14.2 Å². The number of carbonyl (C=O) groups is 12. The molecule has 0 saturated carbocycles. The zero-order chi connectivity index (χ0) is 76.3. The monoisotopic (exact) mass is 1430 g/mol. The average molecular weight is 1440 g/mol. The molecule has 0 radical (unpaired) electrons. The fourth-order valence-electron chi connectivity index (χ4n) is 11.7. The number of ether oxygens (including phenoxy) is 3. The van der Waals surface area contributed by atoms with Gasteiger partial charge in [0.15, 0.2) is 17.3 Å². The van der Waals surface area contributed by atoms with Crippen LogP contribution in [0.2, 0.25) is 0 Å². The van der Waals surface area contributed by atoms with Crippen LogP contribution in [-0.4, -0.2) is 178 Å². The van der Waals surface area contributed by atoms with Gasteiger partial charge in [-0.05, 0) is 98.1 Å². The predicted molar refractivity (Wildman–Crippen MR) is 378 cm³/mol. The highest BCUT2D eigenvalue weighted by Gasteiger charge is 2.42. The van der Waals surface area contributed by atoms with Gasteiger partial charge in [0.05, 0.1) is 61.9 Å². The lowest BCUT2D eigenvalue weighted by Crippen LogP contribution is -2.62. The maximum Gasteiger partial charge on any atom is 0.408 e. The van der Waals surface area contributed by atoms with Crippen molar-refractivity contribution in [3.8, 4) is 11.1 Å². The van der Waals surface area contributed by atoms with Gasteiger partial charge in [0.25, 0.3) is 0 Å². The largest absolute Gasteiger partial charge is 0.480 e. The van der Waals surface area contributed by atoms with Crippen LogP contribution >= 0.6 is 0 Å². The van der Waals surface area contributed by atoms with Crippen LogP contribution in [0, 0.1) is 35.5 Å². The van der Waals surface area contributed by atoms with Crippen LogP contribution in [0.25, 0.3) is 11.1 Å². The molecule has 0 heterocycles. The average Bonchev–Trinajstić information content (AvgIpc) is 1.67. The van der Waals surface area contributed by atoms with Crippen molar-refractivity contribution in [1.29, 1.82) is 0 Å². The molecule has 4 aromatic carbocycles. The summed E-state index contributed by atoms with van der Waals surface area (Å²) < 4.78 is 16.9. The number of aliphatic hydroxyl groups excluding tert-OH is 4. The second kappa shape index (κ2) is 40.9. The molecule has 103 heavy (non-hydrogen) atoms. The van der Waals surface area contributed by atoms with Crippen LogP contribution in [0.4, 0.5) is 14.4 Å². The molecule has 1 aliphatic rings. The Morgan fingerprint density at radius 2 is 1.11 bits per heavy atom. The Balaban J connectivity index is 1.43. The SMILES string of the molecule is CC[C@H](C)[C@H](NC(=O)[C@@H](CCCNC(=O)OCc1ccccc1)CC(=O)[C@H](CC(C)C)NC(=O)C(NC(=O)[C@@H](NC(=O)OCC1c2ccccc2-c2ccccc21)[C@H](NC(=O)OC(C)(C)C)c1ccccc1)[C@H](O)C(C)C)C(=O)C[C@H](C(=O)NCC(=O)C[C@@H](CO)C(=O)N[C@@H](CO)C(=O)O)[C@H](C)O. The number of benzene rings is 4. The minimum absolute atomic E-state index is 0.0500. The normalized spacial score (nSPS) is 15.4. The summed E-state index contributed by atoms with van der Waals surface area (Å²) in [6, 6.07) is 22.7. The van der Waals surface area contributed by atoms with Gasteiger partial charge in [-0.2, -0.15) is 0 Å². The van der Waals surface area contributed by atoms with Crippen molar-refractivity contribution < 1.29 is 97.3 Å². The second-order valence-corrected chi connectivity index (χ2v) is 27.7. The number of carbonyl (C=O) groups excluding carboxylic acids is 11. The molecule has 28 nitrogen and oxygen atoms in total. The third-order valence-corrected chi connectivity index (χ3v) is 17.6. The van der Waals surface area contributed by atoms with Gasteiger partial charge in [-0.15, -0.1) is 0 Å². The van der Waals surface area contributed by atoms with Crippen molar-refractivity contribution in [2.75, 3.05) is 32.9 Å². The Morgan fingerprint density at radius 1 is 0.544 bits per heavy atom. The van der Waals surface area contributed by atoms with Gasteiger partial charge < -0.3 is 82.3 Å². The Labute approximate surface area is 600 Å². The number of aliphatic hydroxyl groups is 4. The van der Waals surface area contributed by atoms with Crippen molar-refractivity contribution in [2.24, 2.45) is 35.5 Å². The molecular formula is C75H102N8O20. The second-order valence-electron chi connectivity index (χ2n) is 27.7. The van der Waals surface area contributed by atoms with E-state index < -0.39 is 200 Å². The third kappa shape index (κ3) is 26.3. The fourth-order valence-corrected chi connectivity index (χ4v) is 11.7. The summed E-state index contributed by atoms with van der Waals surface area (Å²) in [6.07, 6.45) is -7.84. The first kappa shape index (κ1) is 84.0. The van der Waals surface area contributed by atoms with Gasteiger partial charge in [-0.3, -0.25) is 38.4 Å². The maximum atomic E-state index is 15.3. The van der Waals surface area contributed by atoms with E-state index in [1.54, 1.807) is 123 Å². The molecule has 28 heteroatoms. The molecule has 1 aliphatic carbocycles. The number of hydrogen-bond acceptors (Lipinski definition) is 19. The standard InChI is InChI=1S/C75H102N8O20/c1-11-44(6)61(60(89)36-55(45(7)86)68(93)77-37-50(87)34-49(38-84)67(92)79-58(39-85)71(96)97)80-66(91)48(27-22-32-76-72(98)101-40-46-23-14-12-15-24-46)35-59(88)57(33-42(2)3)78-70(95)64(65(90)43(4)5)81-69(94)63(62(47-25-16-13-17-26-47)82-74(100)103-75(8,9)10)83-73(99)102-41-56-53-30-20-18-28-51(53)52-29-19-21-31-54(52)56/h12-21,23-26,28-31,42-45,48-49,55-58,61-65,84-86,90H,11,22,27,32-41H2,1-10H3,(H,76,98)(H,77,93)(H,78,95)(H,79,92)(H,80,91)(H,81,94)(H,82,100)(H,83,99)(H,96,97)/t44-,45-,48-,49-,55-,57-,58-,61-,62+,63-,64?,65+/m0/s1. The van der Waals surface area contributed by atoms with E-state index in [2.05, 4.69) is 37.2 Å². The molecule has 13 N–H and O–H groups in total. The summed E-state index contributed by atoms with van der Waals surface area (Å²) in [7, 11) is 0. The molecule has 0 spiro atoms. The molecule has 5 rings (SSSR count). The van der Waals surface area contributed by atoms with Crippen molar-refractivity contribution >= 4 is 71.1 Å². The number of fused-ring (bicyclic) bond motifs is 3. The molecule has 0 fully saturated rings. The number of Topliss-reactive ketones (excluding diaryl/α,β-unsaturated/α-hetero) is 3. The smallest absolute Gasteiger partial charge is 0.408 e. The lowest BCUT2D eigenvalue weighted by Gasteiger charge is -2.33. The highest BCUT2D eigenvalue weighted by Crippen LogP contribution is 2.44. The Hall–Kier alpha value is -9.64. The van der Waals surface area contributed by atoms with Crippen LogP contribution in [0.15, 0.2) is 109 Å². The van der Waals surface area contributed by atoms with E-state index in [9.17, 15) is 68.7 Å². The topological polar surface area (TPSA) is 430 Å². The molecular weight excluding hydrogens is 1330 g/mol. The summed E-state index contributed by atoms with van der Waals surface area (Å²) in [5.41, 5.74) is 3.69. The summed E-state index contributed by atoms with van der Waals surface area (Å²) >= 11 is 0. The lowest BCUT2D eigenvalue weighted by molar-refractivity contribution is -0.144. The molecule has 562 valence electrons. The van der Waals surface area contributed by atoms with Crippen molar-refractivity contribution in [3.63, 3.8) is 0 Å². The Bertz CT molecular complexity index is 3480. The number of rotatable bonds is 41. The van der Waals surface area contributed by atoms with Gasteiger partial charge in [0, 0.05) is 37.6 Å². The van der Waals surface area contributed by atoms with Crippen LogP contribution < -0.4 is 42.5 Å². The number of ketones is 3. The number of hydrogen-bond donors (Lipinski definition) is 13. The zero-order valence-electron chi connectivity index (χ0n) is 60.1. The van der Waals surface area contributed by atoms with Crippen LogP contribution in [0.5, 0.6) is 0 Å². The summed E-state index contributed by atoms with van der Waals surface area (Å²) in [5, 5.41) is 71.6. The highest BCUT2D eigenvalue weighted by molar-refractivity contribution is 5.98. The molecule has 0 bridgehead atoms. The van der Waals surface area contributed by atoms with Gasteiger partial charge >= 0.3 is 24.2 Å². The number of alkyl carbamates (subject to hydrolysis) is 3. The van der Waals surface area contributed by atoms with E-state index in [1.807, 2.05) is 53.8 Å². The number of carboxylic acids is 1. The first-order chi connectivity index (χ1) is 48.8. The van der Waals surface area contributed by atoms with E-state index in [0.29, 0.717) is 11.1 Å². The molecule has 1 unspecified atom stereocenters. The Morgan fingerprint density at radius 3 is 1.66 bits per heavy atom. The zero-order valence-corrected chi connectivity index (χ0v) is 60.1. The van der Waals surface area contributed by atoms with Crippen molar-refractivity contribution in [2.45, 2.75) is 181 Å². The number of aliphatic carboxylic acids is 1. The summed E-state index contributed by atoms with van der Waals surface area (Å²) in [4.78, 5) is 166. The first-order valence-electron chi connectivity index (χ1n) is 34.7. The van der Waals surface area contributed by atoms with Gasteiger partial charge in [-0.1, -0.05) is 157 Å². The minimum Gasteiger partial charge on any atom is -0.480 e. The summed E-state index contributed by atoms with van der Waals surface area (Å²) in [6.45, 7) is 13.2. The van der Waals surface area contributed by atoms with Gasteiger partial charge in [0.2, 0.25) is 29.5 Å². The molecule has 0 saturated heterocycles. The number of carboxylic acid groups (broad SMARTS) is 1. The number of amides is 8. The van der Waals surface area contributed by atoms with Crippen LogP contribution in [0.1, 0.15) is 148 Å². The Kier molecular flexibility index (Phi) is 33.3. The van der Waals surface area contributed by atoms with Crippen molar-refractivity contribution in [1.82, 2.24) is 42.5 Å². The predicted octanol–water partition coefficient (Wildman–Crippen LogP) is 5.21. The van der Waals surface area contributed by atoms with Crippen LogP contribution in [-0.2, 0) is 64.0 Å². The van der Waals surface area contributed by atoms with Gasteiger partial charge in [-0.25, -0.2) is 19.2 Å². The summed E-state index contributed by atoms with van der Waals surface area (Å²) in [5.74, 6) is -15.2. The minimum atomic E-state index is -1.87. The van der Waals surface area contributed by atoms with E-state index in [0.717, 1.165) is 22.3 Å². The highest BCUT2D eigenvalue weighted by atomic mass is 16.6. The maximum absolute atomic E-state index is 15.3. The molecule has 0 aliphatic heterocycles. The first-order valence-corrected chi connectivity index (χ1v) is 34.7.